The first-order valence-electron chi connectivity index (χ1n) is 6.23. The van der Waals surface area contributed by atoms with Crippen molar-refractivity contribution in [1.82, 2.24) is 0 Å². The summed E-state index contributed by atoms with van der Waals surface area (Å²) >= 11 is -2.65. The molecule has 0 saturated carbocycles. The van der Waals surface area contributed by atoms with Gasteiger partial charge >= 0.3 is 102 Å². The minimum atomic E-state index is -2.65. The van der Waals surface area contributed by atoms with Crippen molar-refractivity contribution in [3.63, 3.8) is 0 Å². The quantitative estimate of drug-likeness (QED) is 0.668. The summed E-state index contributed by atoms with van der Waals surface area (Å²) < 4.78 is 14.5. The summed E-state index contributed by atoms with van der Waals surface area (Å²) in [7, 11) is 0. The molecule has 15 heavy (non-hydrogen) atoms. The second-order valence-electron chi connectivity index (χ2n) is 5.03. The van der Waals surface area contributed by atoms with E-state index < -0.39 is 21.1 Å². The van der Waals surface area contributed by atoms with Gasteiger partial charge in [-0.2, -0.15) is 0 Å². The van der Waals surface area contributed by atoms with Crippen LogP contribution in [0.25, 0.3) is 0 Å². The molecule has 0 fully saturated rings. The zero-order valence-corrected chi connectivity index (χ0v) is 13.8. The van der Waals surface area contributed by atoms with Crippen molar-refractivity contribution < 1.29 is 26.8 Å². The Kier molecular flexibility index (Phi) is 8.40. The molecule has 0 spiro atoms. The Morgan fingerprint density at radius 3 is 1.33 bits per heavy atom. The maximum atomic E-state index is 6.13. The topological polar surface area (TPSA) is 18.5 Å². The molecule has 0 amide bonds. The van der Waals surface area contributed by atoms with Crippen molar-refractivity contribution >= 4 is 0 Å². The molecule has 0 unspecified atom stereocenters. The van der Waals surface area contributed by atoms with Crippen molar-refractivity contribution in [2.75, 3.05) is 13.2 Å². The van der Waals surface area contributed by atoms with E-state index in [1.54, 1.807) is 0 Å². The maximum absolute atomic E-state index is 6.13. The molecule has 0 bridgehead atoms. The molecule has 0 N–H and O–H groups in total. The van der Waals surface area contributed by atoms with Crippen LogP contribution in [0.15, 0.2) is 0 Å². The molecule has 2 nitrogen and oxygen atoms in total. The fraction of sp³-hybridized carbons (Fsp3) is 1.00. The van der Waals surface area contributed by atoms with E-state index in [0.29, 0.717) is 11.8 Å². The van der Waals surface area contributed by atoms with E-state index in [2.05, 4.69) is 41.5 Å². The second-order valence-corrected chi connectivity index (χ2v) is 14.4. The summed E-state index contributed by atoms with van der Waals surface area (Å²) in [4.78, 5) is 0. The molecule has 0 aliphatic carbocycles. The molecule has 0 aromatic rings. The number of rotatable bonds is 8. The SMILES string of the molecule is C[CH2][Zr]([CH2]C)([O]CC(C)C)[O]CC(C)C. The summed E-state index contributed by atoms with van der Waals surface area (Å²) in [6.07, 6.45) is 0. The van der Waals surface area contributed by atoms with Crippen molar-refractivity contribution in [3.05, 3.63) is 0 Å². The van der Waals surface area contributed by atoms with Crippen molar-refractivity contribution in [1.29, 1.82) is 0 Å². The van der Waals surface area contributed by atoms with Crippen LogP contribution in [0.3, 0.4) is 0 Å². The number of hydrogen-bond donors (Lipinski definition) is 0. The number of hydrogen-bond acceptors (Lipinski definition) is 2. The van der Waals surface area contributed by atoms with Gasteiger partial charge in [-0.1, -0.05) is 0 Å². The molecule has 0 heterocycles. The van der Waals surface area contributed by atoms with Crippen LogP contribution in [0, 0.1) is 11.8 Å². The molecule has 0 saturated heterocycles. The predicted octanol–water partition coefficient (Wildman–Crippen LogP) is 4.19. The van der Waals surface area contributed by atoms with Gasteiger partial charge in [0.05, 0.1) is 0 Å². The van der Waals surface area contributed by atoms with Gasteiger partial charge in [-0.05, 0) is 0 Å². The van der Waals surface area contributed by atoms with E-state index in [9.17, 15) is 0 Å². The Bertz CT molecular complexity index is 140. The van der Waals surface area contributed by atoms with E-state index in [1.165, 1.54) is 0 Å². The van der Waals surface area contributed by atoms with Crippen LogP contribution < -0.4 is 0 Å². The standard InChI is InChI=1S/2C4H9O.2C2H5.Zr/c2*1-4(2)3-5;2*1-2;/h2*4H,3H2,1-2H3;2*1H2,2H3;/q2*-1;;;+2. The Morgan fingerprint density at radius 1 is 0.800 bits per heavy atom. The molecular formula is C12H28O2Zr. The average molecular weight is 296 g/mol. The Morgan fingerprint density at radius 2 is 1.13 bits per heavy atom. The zero-order valence-electron chi connectivity index (χ0n) is 11.3. The molecule has 0 aromatic carbocycles. The second kappa shape index (κ2) is 7.98. The third kappa shape index (κ3) is 6.86. The van der Waals surface area contributed by atoms with Crippen LogP contribution in [0.5, 0.6) is 0 Å². The van der Waals surface area contributed by atoms with Crippen molar-refractivity contribution in [2.45, 2.75) is 49.8 Å². The third-order valence-corrected chi connectivity index (χ3v) is 11.1. The molecule has 0 atom stereocenters. The first-order valence-corrected chi connectivity index (χ1v) is 11.7. The van der Waals surface area contributed by atoms with Crippen LogP contribution in [-0.4, -0.2) is 13.2 Å². The van der Waals surface area contributed by atoms with Crippen LogP contribution >= 0.6 is 0 Å². The van der Waals surface area contributed by atoms with Gasteiger partial charge in [0, 0.05) is 0 Å². The Labute approximate surface area is 101 Å². The summed E-state index contributed by atoms with van der Waals surface area (Å²) in [6, 6.07) is 0. The van der Waals surface area contributed by atoms with Crippen molar-refractivity contribution in [3.8, 4) is 0 Å². The Hall–Kier alpha value is 0.803. The van der Waals surface area contributed by atoms with Gasteiger partial charge in [0.1, 0.15) is 0 Å². The van der Waals surface area contributed by atoms with Crippen molar-refractivity contribution in [2.24, 2.45) is 11.8 Å². The zero-order chi connectivity index (χ0) is 11.9. The van der Waals surface area contributed by atoms with Crippen LogP contribution in [0.1, 0.15) is 41.5 Å². The van der Waals surface area contributed by atoms with Crippen LogP contribution in [0.2, 0.25) is 8.26 Å². The van der Waals surface area contributed by atoms with Gasteiger partial charge in [0.2, 0.25) is 0 Å². The van der Waals surface area contributed by atoms with Crippen LogP contribution in [0.4, 0.5) is 0 Å². The fourth-order valence-electron chi connectivity index (χ4n) is 1.34. The first kappa shape index (κ1) is 15.8. The summed E-state index contributed by atoms with van der Waals surface area (Å²) in [5.41, 5.74) is 0. The Balaban J connectivity index is 4.17. The van der Waals surface area contributed by atoms with E-state index in [0.717, 1.165) is 21.5 Å². The molecule has 0 radical (unpaired) electrons. The molecule has 3 heteroatoms. The van der Waals surface area contributed by atoms with Gasteiger partial charge in [0.25, 0.3) is 0 Å². The minimum absolute atomic E-state index is 0.613. The van der Waals surface area contributed by atoms with Gasteiger partial charge in [0.15, 0.2) is 0 Å². The molecule has 0 aliphatic rings. The average Bonchev–Trinajstić information content (AvgIpc) is 2.19. The monoisotopic (exact) mass is 294 g/mol. The van der Waals surface area contributed by atoms with E-state index >= 15 is 0 Å². The molecule has 92 valence electrons. The molecular weight excluding hydrogens is 267 g/mol. The molecule has 0 rings (SSSR count). The summed E-state index contributed by atoms with van der Waals surface area (Å²) in [6.45, 7) is 15.0. The normalized spacial score (nSPS) is 12.8. The summed E-state index contributed by atoms with van der Waals surface area (Å²) in [5.74, 6) is 1.23. The predicted molar refractivity (Wildman–Crippen MR) is 62.5 cm³/mol. The van der Waals surface area contributed by atoms with Crippen LogP contribution in [-0.2, 0) is 26.8 Å². The van der Waals surface area contributed by atoms with Gasteiger partial charge in [-0.3, -0.25) is 0 Å². The fourth-order valence-corrected chi connectivity index (χ4v) is 7.91. The van der Waals surface area contributed by atoms with Gasteiger partial charge < -0.3 is 0 Å². The molecule has 0 aliphatic heterocycles. The van der Waals surface area contributed by atoms with E-state index in [-0.39, 0.29) is 0 Å². The molecule has 0 aromatic heterocycles. The van der Waals surface area contributed by atoms with E-state index in [1.807, 2.05) is 0 Å². The van der Waals surface area contributed by atoms with Gasteiger partial charge in [-0.15, -0.1) is 0 Å². The van der Waals surface area contributed by atoms with E-state index in [4.69, 9.17) is 5.63 Å². The first-order chi connectivity index (χ1) is 6.95. The van der Waals surface area contributed by atoms with Gasteiger partial charge in [-0.25, -0.2) is 0 Å². The third-order valence-electron chi connectivity index (χ3n) is 2.44. The summed E-state index contributed by atoms with van der Waals surface area (Å²) in [5, 5.41) is 0.